The first-order valence-electron chi connectivity index (χ1n) is 7.63. The van der Waals surface area contributed by atoms with Gasteiger partial charge in [0.25, 0.3) is 0 Å². The van der Waals surface area contributed by atoms with E-state index in [0.717, 1.165) is 41.4 Å². The zero-order valence-corrected chi connectivity index (χ0v) is 14.4. The molecule has 0 aliphatic heterocycles. The van der Waals surface area contributed by atoms with Gasteiger partial charge >= 0.3 is 0 Å². The first-order valence-corrected chi connectivity index (χ1v) is 8.00. The van der Waals surface area contributed by atoms with Crippen molar-refractivity contribution in [3.63, 3.8) is 0 Å². The lowest BCUT2D eigenvalue weighted by atomic mass is 9.94. The molecule has 0 heterocycles. The number of hydrogen-bond donors (Lipinski definition) is 1. The van der Waals surface area contributed by atoms with Crippen LogP contribution in [0.15, 0.2) is 76.4 Å². The molecule has 1 aliphatic carbocycles. The van der Waals surface area contributed by atoms with E-state index in [9.17, 15) is 0 Å². The second-order valence-corrected chi connectivity index (χ2v) is 5.84. The fourth-order valence-corrected chi connectivity index (χ4v) is 2.92. The van der Waals surface area contributed by atoms with E-state index in [4.69, 9.17) is 11.6 Å². The van der Waals surface area contributed by atoms with Crippen LogP contribution in [0.1, 0.15) is 19.3 Å². The number of rotatable bonds is 4. The number of para-hydroxylation sites is 2. The third kappa shape index (κ3) is 4.85. The summed E-state index contributed by atoms with van der Waals surface area (Å²) < 4.78 is 0. The molecule has 1 aliphatic rings. The van der Waals surface area contributed by atoms with Crippen molar-refractivity contribution in [3.05, 3.63) is 71.4 Å². The van der Waals surface area contributed by atoms with Gasteiger partial charge in [0.2, 0.25) is 0 Å². The van der Waals surface area contributed by atoms with Crippen molar-refractivity contribution in [2.75, 3.05) is 5.32 Å². The van der Waals surface area contributed by atoms with E-state index in [1.54, 1.807) is 0 Å². The topological polar surface area (TPSA) is 24.4 Å². The molecule has 0 amide bonds. The molecule has 3 rings (SSSR count). The molecule has 0 spiro atoms. The summed E-state index contributed by atoms with van der Waals surface area (Å²) in [5.41, 5.74) is 3.16. The molecule has 120 valence electrons. The number of nitrogens with one attached hydrogen (secondary N) is 1. The predicted molar refractivity (Wildman–Crippen MR) is 102 cm³/mol. The highest BCUT2D eigenvalue weighted by Crippen LogP contribution is 2.33. The van der Waals surface area contributed by atoms with Crippen molar-refractivity contribution in [3.8, 4) is 0 Å². The number of hydrogen-bond acceptors (Lipinski definition) is 2. The van der Waals surface area contributed by atoms with Crippen LogP contribution in [0.2, 0.25) is 0 Å². The molecule has 2 aromatic rings. The Labute approximate surface area is 148 Å². The minimum atomic E-state index is 0. The van der Waals surface area contributed by atoms with Crippen LogP contribution in [0.4, 0.5) is 11.4 Å². The van der Waals surface area contributed by atoms with Gasteiger partial charge in [-0.15, -0.1) is 12.4 Å². The van der Waals surface area contributed by atoms with E-state index in [2.05, 4.69) is 22.4 Å². The van der Waals surface area contributed by atoms with Crippen LogP contribution in [0, 0.1) is 5.92 Å². The number of halogens is 2. The van der Waals surface area contributed by atoms with E-state index < -0.39 is 0 Å². The summed E-state index contributed by atoms with van der Waals surface area (Å²) in [5.74, 6) is 0.196. The summed E-state index contributed by atoms with van der Waals surface area (Å²) in [5, 5.41) is 4.33. The number of anilines is 1. The molecule has 1 unspecified atom stereocenters. The summed E-state index contributed by atoms with van der Waals surface area (Å²) in [6.45, 7) is 0. The van der Waals surface area contributed by atoms with Crippen molar-refractivity contribution in [2.24, 2.45) is 10.9 Å². The van der Waals surface area contributed by atoms with Crippen LogP contribution in [0.25, 0.3) is 0 Å². The summed E-state index contributed by atoms with van der Waals surface area (Å²) in [7, 11) is 0. The normalized spacial score (nSPS) is 17.9. The summed E-state index contributed by atoms with van der Waals surface area (Å²) in [6.07, 6.45) is 5.14. The Kier molecular flexibility index (Phi) is 6.69. The van der Waals surface area contributed by atoms with Crippen LogP contribution in [-0.2, 0) is 0 Å². The summed E-state index contributed by atoms with van der Waals surface area (Å²) in [6, 6.07) is 20.1. The predicted octanol–water partition coefficient (Wildman–Crippen LogP) is 6.17. The highest BCUT2D eigenvalue weighted by atomic mass is 35.5. The molecule has 0 radical (unpaired) electrons. The van der Waals surface area contributed by atoms with Gasteiger partial charge in [-0.3, -0.25) is 4.99 Å². The van der Waals surface area contributed by atoms with Gasteiger partial charge in [-0.05, 0) is 43.5 Å². The average Bonchev–Trinajstić information content (AvgIpc) is 2.58. The van der Waals surface area contributed by atoms with Gasteiger partial charge in [0.05, 0.1) is 5.69 Å². The van der Waals surface area contributed by atoms with Crippen molar-refractivity contribution < 1.29 is 0 Å². The first-order chi connectivity index (χ1) is 10.8. The number of allylic oxidation sites excluding steroid dienone is 2. The Bertz CT molecular complexity index is 666. The lowest BCUT2D eigenvalue weighted by Crippen LogP contribution is -2.15. The molecule has 1 N–H and O–H groups in total. The van der Waals surface area contributed by atoms with Gasteiger partial charge in [0.15, 0.2) is 0 Å². The van der Waals surface area contributed by atoms with Crippen molar-refractivity contribution in [2.45, 2.75) is 19.3 Å². The molecule has 1 atom stereocenters. The van der Waals surface area contributed by atoms with E-state index >= 15 is 0 Å². The number of benzene rings is 2. The molecular weight excluding hydrogens is 327 g/mol. The quantitative estimate of drug-likeness (QED) is 0.657. The minimum absolute atomic E-state index is 0. The van der Waals surface area contributed by atoms with E-state index in [1.165, 1.54) is 0 Å². The Morgan fingerprint density at radius 3 is 2.35 bits per heavy atom. The Hall–Kier alpha value is -1.77. The van der Waals surface area contributed by atoms with Crippen molar-refractivity contribution in [1.82, 2.24) is 0 Å². The van der Waals surface area contributed by atoms with E-state index in [-0.39, 0.29) is 18.3 Å². The molecule has 0 saturated heterocycles. The highest BCUT2D eigenvalue weighted by Gasteiger charge is 2.20. The Morgan fingerprint density at radius 1 is 1.00 bits per heavy atom. The SMILES string of the molecule is Cl.ClC1=C(Nc2ccccc2)CCCC1/C=N/c1ccccc1. The maximum atomic E-state index is 6.59. The fourth-order valence-electron chi connectivity index (χ4n) is 2.62. The molecule has 4 heteroatoms. The second kappa shape index (κ2) is 8.76. The standard InChI is InChI=1S/C19H19ClN2.ClH/c20-19-15(14-21-16-9-3-1-4-10-16)8-7-13-18(19)22-17-11-5-2-6-12-17;/h1-6,9-12,14-15,22H,7-8,13H2;1H/b21-14+;. The van der Waals surface area contributed by atoms with Crippen molar-refractivity contribution in [1.29, 1.82) is 0 Å². The third-order valence-corrected chi connectivity index (χ3v) is 4.29. The van der Waals surface area contributed by atoms with Gasteiger partial charge < -0.3 is 5.32 Å². The van der Waals surface area contributed by atoms with Crippen LogP contribution in [-0.4, -0.2) is 6.21 Å². The zero-order valence-electron chi connectivity index (χ0n) is 12.8. The van der Waals surface area contributed by atoms with Gasteiger partial charge in [-0.2, -0.15) is 0 Å². The monoisotopic (exact) mass is 346 g/mol. The number of nitrogens with zero attached hydrogens (tertiary/aromatic N) is 1. The maximum Gasteiger partial charge on any atom is 0.0625 e. The van der Waals surface area contributed by atoms with Crippen LogP contribution in [0.5, 0.6) is 0 Å². The Balaban J connectivity index is 0.00000192. The molecular formula is C19H20Cl2N2. The fraction of sp³-hybridized carbons (Fsp3) is 0.211. The molecule has 0 saturated carbocycles. The van der Waals surface area contributed by atoms with Crippen molar-refractivity contribution >= 4 is 41.6 Å². The van der Waals surface area contributed by atoms with Crippen LogP contribution in [0.3, 0.4) is 0 Å². The second-order valence-electron chi connectivity index (χ2n) is 5.43. The Morgan fingerprint density at radius 2 is 1.65 bits per heavy atom. The van der Waals surface area contributed by atoms with Gasteiger partial charge in [0.1, 0.15) is 0 Å². The summed E-state index contributed by atoms with van der Waals surface area (Å²) >= 11 is 6.59. The largest absolute Gasteiger partial charge is 0.358 e. The minimum Gasteiger partial charge on any atom is -0.358 e. The molecule has 0 aromatic heterocycles. The smallest absolute Gasteiger partial charge is 0.0625 e. The van der Waals surface area contributed by atoms with E-state index in [0.29, 0.717) is 0 Å². The van der Waals surface area contributed by atoms with E-state index in [1.807, 2.05) is 54.7 Å². The first kappa shape index (κ1) is 17.6. The lowest BCUT2D eigenvalue weighted by Gasteiger charge is -2.23. The van der Waals surface area contributed by atoms with Gasteiger partial charge in [0, 0.05) is 28.5 Å². The van der Waals surface area contributed by atoms with Gasteiger partial charge in [-0.1, -0.05) is 48.0 Å². The van der Waals surface area contributed by atoms with Gasteiger partial charge in [-0.25, -0.2) is 0 Å². The van der Waals surface area contributed by atoms with Crippen LogP contribution >= 0.6 is 24.0 Å². The van der Waals surface area contributed by atoms with Crippen LogP contribution < -0.4 is 5.32 Å². The molecule has 2 nitrogen and oxygen atoms in total. The number of aliphatic imine (C=N–C) groups is 1. The molecule has 0 fully saturated rings. The third-order valence-electron chi connectivity index (χ3n) is 3.78. The summed E-state index contributed by atoms with van der Waals surface area (Å²) in [4.78, 5) is 4.55. The zero-order chi connectivity index (χ0) is 15.2. The highest BCUT2D eigenvalue weighted by molar-refractivity contribution is 6.31. The molecule has 23 heavy (non-hydrogen) atoms. The average molecular weight is 347 g/mol. The molecule has 2 aromatic carbocycles. The molecule has 0 bridgehead atoms. The maximum absolute atomic E-state index is 6.59. The lowest BCUT2D eigenvalue weighted by molar-refractivity contribution is 0.633.